The number of aromatic nitrogens is 3. The second-order valence-electron chi connectivity index (χ2n) is 8.76. The van der Waals surface area contributed by atoms with E-state index in [1.54, 1.807) is 0 Å². The zero-order chi connectivity index (χ0) is 23.0. The van der Waals surface area contributed by atoms with Crippen LogP contribution >= 0.6 is 24.0 Å². The summed E-state index contributed by atoms with van der Waals surface area (Å²) in [4.78, 5) is 4.86. The van der Waals surface area contributed by atoms with E-state index in [0.29, 0.717) is 19.0 Å². The zero-order valence-electron chi connectivity index (χ0n) is 20.3. The second-order valence-corrected chi connectivity index (χ2v) is 8.76. The van der Waals surface area contributed by atoms with Crippen molar-refractivity contribution in [2.24, 2.45) is 4.99 Å². The monoisotopic (exact) mass is 574 g/mol. The standard InChI is InChI=1S/C26H34N6O.HI/c1-19(2)33-23-14-12-22(13-15-23)29-26(27-17-21-10-7-6-9-20(21)3)28-18-25-31-30-24-11-5-4-8-16-32(24)25;/h6-7,9-10,12-15,19H,4-5,8,11,16-18H2,1-3H3,(H2,27,28,29);1H. The maximum atomic E-state index is 5.76. The molecule has 182 valence electrons. The number of aliphatic imine (C=N–C) groups is 1. The van der Waals surface area contributed by atoms with E-state index in [-0.39, 0.29) is 30.1 Å². The number of hydrogen-bond acceptors (Lipinski definition) is 4. The van der Waals surface area contributed by atoms with Gasteiger partial charge in [0.15, 0.2) is 11.8 Å². The normalized spacial score (nSPS) is 13.6. The van der Waals surface area contributed by atoms with Gasteiger partial charge in [-0.1, -0.05) is 30.7 Å². The van der Waals surface area contributed by atoms with Gasteiger partial charge in [0.05, 0.1) is 19.2 Å². The Kier molecular flexibility index (Phi) is 9.74. The quantitative estimate of drug-likeness (QED) is 0.222. The molecule has 0 saturated heterocycles. The maximum Gasteiger partial charge on any atom is 0.196 e. The van der Waals surface area contributed by atoms with Crippen LogP contribution in [0.25, 0.3) is 0 Å². The van der Waals surface area contributed by atoms with E-state index in [9.17, 15) is 0 Å². The summed E-state index contributed by atoms with van der Waals surface area (Å²) in [6, 6.07) is 16.3. The van der Waals surface area contributed by atoms with Crippen LogP contribution in [0.2, 0.25) is 0 Å². The van der Waals surface area contributed by atoms with Gasteiger partial charge in [-0.15, -0.1) is 34.2 Å². The van der Waals surface area contributed by atoms with Crippen molar-refractivity contribution in [3.05, 3.63) is 71.3 Å². The van der Waals surface area contributed by atoms with Gasteiger partial charge >= 0.3 is 0 Å². The van der Waals surface area contributed by atoms with Crippen LogP contribution < -0.4 is 15.4 Å². The molecule has 8 heteroatoms. The summed E-state index contributed by atoms with van der Waals surface area (Å²) in [7, 11) is 0. The smallest absolute Gasteiger partial charge is 0.196 e. The number of benzene rings is 2. The van der Waals surface area contributed by atoms with Crippen molar-refractivity contribution in [2.45, 2.75) is 72.2 Å². The lowest BCUT2D eigenvalue weighted by Crippen LogP contribution is -2.31. The Morgan fingerprint density at radius 2 is 1.85 bits per heavy atom. The Labute approximate surface area is 219 Å². The molecule has 0 spiro atoms. The number of anilines is 1. The highest BCUT2D eigenvalue weighted by Crippen LogP contribution is 2.18. The van der Waals surface area contributed by atoms with E-state index >= 15 is 0 Å². The average Bonchev–Trinajstić information content (AvgIpc) is 3.03. The van der Waals surface area contributed by atoms with Gasteiger partial charge in [-0.2, -0.15) is 0 Å². The van der Waals surface area contributed by atoms with Crippen molar-refractivity contribution < 1.29 is 4.74 Å². The summed E-state index contributed by atoms with van der Waals surface area (Å²) in [6.45, 7) is 8.31. The Bertz CT molecular complexity index is 1080. The molecule has 0 amide bonds. The number of hydrogen-bond donors (Lipinski definition) is 2. The number of rotatable bonds is 7. The van der Waals surface area contributed by atoms with Crippen LogP contribution in [0.1, 0.15) is 55.9 Å². The SMILES string of the molecule is Cc1ccccc1CN=C(NCc1nnc2n1CCCCC2)Nc1ccc(OC(C)C)cc1.I. The summed E-state index contributed by atoms with van der Waals surface area (Å²) in [5, 5.41) is 15.7. The molecule has 2 N–H and O–H groups in total. The van der Waals surface area contributed by atoms with Gasteiger partial charge in [0.2, 0.25) is 0 Å². The third-order valence-corrected chi connectivity index (χ3v) is 5.76. The number of nitrogens with zero attached hydrogens (tertiary/aromatic N) is 4. The van der Waals surface area contributed by atoms with Crippen molar-refractivity contribution in [3.8, 4) is 5.75 Å². The largest absolute Gasteiger partial charge is 0.491 e. The van der Waals surface area contributed by atoms with Gasteiger partial charge in [0.1, 0.15) is 11.6 Å². The summed E-state index contributed by atoms with van der Waals surface area (Å²) >= 11 is 0. The highest BCUT2D eigenvalue weighted by molar-refractivity contribution is 14.0. The lowest BCUT2D eigenvalue weighted by atomic mass is 10.1. The lowest BCUT2D eigenvalue weighted by Gasteiger charge is -2.15. The Hall–Kier alpha value is -2.62. The Balaban J connectivity index is 0.00000324. The first-order valence-corrected chi connectivity index (χ1v) is 11.9. The van der Waals surface area contributed by atoms with Crippen LogP contribution in [-0.4, -0.2) is 26.8 Å². The van der Waals surface area contributed by atoms with Gasteiger partial charge in [-0.05, 0) is 69.0 Å². The van der Waals surface area contributed by atoms with Crippen LogP contribution in [0.5, 0.6) is 5.75 Å². The topological polar surface area (TPSA) is 76.4 Å². The first-order chi connectivity index (χ1) is 16.1. The number of ether oxygens (including phenoxy) is 1. The number of guanidine groups is 1. The third kappa shape index (κ3) is 7.19. The molecule has 0 unspecified atom stereocenters. The Morgan fingerprint density at radius 3 is 2.62 bits per heavy atom. The zero-order valence-corrected chi connectivity index (χ0v) is 22.6. The molecule has 2 aromatic carbocycles. The minimum absolute atomic E-state index is 0. The molecule has 0 aliphatic carbocycles. The third-order valence-electron chi connectivity index (χ3n) is 5.76. The average molecular weight is 575 g/mol. The minimum Gasteiger partial charge on any atom is -0.491 e. The fourth-order valence-electron chi connectivity index (χ4n) is 3.96. The highest BCUT2D eigenvalue weighted by atomic mass is 127. The van der Waals surface area contributed by atoms with Crippen LogP contribution in [0.4, 0.5) is 5.69 Å². The first-order valence-electron chi connectivity index (χ1n) is 11.9. The van der Waals surface area contributed by atoms with Gasteiger partial charge in [-0.25, -0.2) is 4.99 Å². The molecule has 1 aliphatic rings. The number of fused-ring (bicyclic) bond motifs is 1. The molecule has 0 bridgehead atoms. The lowest BCUT2D eigenvalue weighted by molar-refractivity contribution is 0.242. The number of halogens is 1. The second kappa shape index (κ2) is 12.7. The molecule has 1 aromatic heterocycles. The van der Waals surface area contributed by atoms with E-state index in [4.69, 9.17) is 9.73 Å². The number of nitrogens with one attached hydrogen (secondary N) is 2. The van der Waals surface area contributed by atoms with E-state index in [1.807, 2.05) is 38.1 Å². The van der Waals surface area contributed by atoms with Crippen molar-refractivity contribution in [1.29, 1.82) is 0 Å². The van der Waals surface area contributed by atoms with Crippen LogP contribution in [-0.2, 0) is 26.1 Å². The van der Waals surface area contributed by atoms with E-state index in [0.717, 1.165) is 36.1 Å². The van der Waals surface area contributed by atoms with E-state index < -0.39 is 0 Å². The highest BCUT2D eigenvalue weighted by Gasteiger charge is 2.15. The van der Waals surface area contributed by atoms with E-state index in [1.165, 1.54) is 30.4 Å². The predicted octanol–water partition coefficient (Wildman–Crippen LogP) is 5.48. The maximum absolute atomic E-state index is 5.76. The van der Waals surface area contributed by atoms with Crippen LogP contribution in [0.3, 0.4) is 0 Å². The Morgan fingerprint density at radius 1 is 1.06 bits per heavy atom. The molecule has 1 aliphatic heterocycles. The molecule has 7 nitrogen and oxygen atoms in total. The van der Waals surface area contributed by atoms with Gasteiger partial charge in [0, 0.05) is 18.7 Å². The van der Waals surface area contributed by atoms with Crippen LogP contribution in [0, 0.1) is 6.92 Å². The molecule has 0 saturated carbocycles. The molecule has 3 aromatic rings. The summed E-state index contributed by atoms with van der Waals surface area (Å²) < 4.78 is 8.02. The van der Waals surface area contributed by atoms with Gasteiger partial charge in [-0.3, -0.25) is 0 Å². The predicted molar refractivity (Wildman–Crippen MR) is 148 cm³/mol. The van der Waals surface area contributed by atoms with Crippen molar-refractivity contribution in [1.82, 2.24) is 20.1 Å². The molecule has 4 rings (SSSR count). The molecule has 34 heavy (non-hydrogen) atoms. The van der Waals surface area contributed by atoms with Crippen molar-refractivity contribution >= 4 is 35.6 Å². The fourth-order valence-corrected chi connectivity index (χ4v) is 3.96. The van der Waals surface area contributed by atoms with Gasteiger partial charge in [0.25, 0.3) is 0 Å². The first kappa shape index (κ1) is 26.0. The molecular weight excluding hydrogens is 539 g/mol. The summed E-state index contributed by atoms with van der Waals surface area (Å²) in [6.07, 6.45) is 4.76. The summed E-state index contributed by atoms with van der Waals surface area (Å²) in [5.74, 6) is 3.61. The fraction of sp³-hybridized carbons (Fsp3) is 0.423. The van der Waals surface area contributed by atoms with Crippen LogP contribution in [0.15, 0.2) is 53.5 Å². The van der Waals surface area contributed by atoms with E-state index in [2.05, 4.69) is 56.6 Å². The number of aryl methyl sites for hydroxylation is 2. The molecule has 0 atom stereocenters. The molecule has 2 heterocycles. The molecular formula is C26H35IN6O. The minimum atomic E-state index is 0. The molecule has 0 fully saturated rings. The van der Waals surface area contributed by atoms with Crippen molar-refractivity contribution in [3.63, 3.8) is 0 Å². The van der Waals surface area contributed by atoms with Gasteiger partial charge < -0.3 is 19.9 Å². The summed E-state index contributed by atoms with van der Waals surface area (Å²) in [5.41, 5.74) is 3.39. The molecule has 0 radical (unpaired) electrons. The van der Waals surface area contributed by atoms with Crippen molar-refractivity contribution in [2.75, 3.05) is 5.32 Å².